The number of carbonyl (C=O) groups is 2. The van der Waals surface area contributed by atoms with E-state index in [9.17, 15) is 9.59 Å². The van der Waals surface area contributed by atoms with Gasteiger partial charge < -0.3 is 15.5 Å². The highest BCUT2D eigenvalue weighted by Gasteiger charge is 2.12. The van der Waals surface area contributed by atoms with Crippen molar-refractivity contribution < 1.29 is 9.59 Å². The molecule has 1 aromatic carbocycles. The van der Waals surface area contributed by atoms with Gasteiger partial charge in [-0.05, 0) is 35.1 Å². The Kier molecular flexibility index (Phi) is 8.38. The minimum atomic E-state index is -0.228. The van der Waals surface area contributed by atoms with Crippen molar-refractivity contribution >= 4 is 45.8 Å². The number of likely N-dealkylation sites (N-methyl/N-ethyl adjacent to an activating group) is 2. The van der Waals surface area contributed by atoms with Crippen LogP contribution in [0.2, 0.25) is 0 Å². The van der Waals surface area contributed by atoms with Gasteiger partial charge in [0.05, 0.1) is 18.8 Å². The van der Waals surface area contributed by atoms with Crippen molar-refractivity contribution in [3.05, 3.63) is 28.7 Å². The summed E-state index contributed by atoms with van der Waals surface area (Å²) in [4.78, 5) is 24.6. The summed E-state index contributed by atoms with van der Waals surface area (Å²) in [5.74, 6) is -0.353. The number of carbonyl (C=O) groups excluding carboxylic acids is 2. The summed E-state index contributed by atoms with van der Waals surface area (Å²) >= 11 is 3.34. The number of anilines is 1. The molecule has 1 rings (SSSR count). The topological polar surface area (TPSA) is 61.4 Å². The highest BCUT2D eigenvalue weighted by molar-refractivity contribution is 9.10. The maximum atomic E-state index is 11.7. The van der Waals surface area contributed by atoms with Gasteiger partial charge >= 0.3 is 0 Å². The summed E-state index contributed by atoms with van der Waals surface area (Å²) < 4.78 is 0.808. The fourth-order valence-corrected chi connectivity index (χ4v) is 1.73. The molecule has 2 amide bonds. The molecule has 0 atom stereocenters. The molecule has 2 N–H and O–H groups in total. The van der Waals surface area contributed by atoms with Gasteiger partial charge in [-0.25, -0.2) is 0 Å². The third-order valence-corrected chi connectivity index (χ3v) is 2.97. The van der Waals surface area contributed by atoms with Crippen LogP contribution in [0.4, 0.5) is 5.69 Å². The predicted octanol–water partition coefficient (Wildman–Crippen LogP) is 1.49. The quantitative estimate of drug-likeness (QED) is 0.846. The molecule has 5 nitrogen and oxygen atoms in total. The Hall–Kier alpha value is -1.11. The normalized spacial score (nSPS) is 9.42. The molecule has 0 fully saturated rings. The van der Waals surface area contributed by atoms with E-state index in [1.54, 1.807) is 20.2 Å². The van der Waals surface area contributed by atoms with Gasteiger partial charge in [-0.15, -0.1) is 12.4 Å². The molecule has 106 valence electrons. The maximum Gasteiger partial charge on any atom is 0.244 e. The average Bonchev–Trinajstić information content (AvgIpc) is 2.32. The van der Waals surface area contributed by atoms with Gasteiger partial charge in [-0.3, -0.25) is 9.59 Å². The SMILES string of the molecule is CNCC(=O)N(C)CC(=O)Nc1ccccc1Br.Cl. The highest BCUT2D eigenvalue weighted by atomic mass is 79.9. The summed E-state index contributed by atoms with van der Waals surface area (Å²) in [6.45, 7) is 0.251. The Morgan fingerprint density at radius 1 is 1.32 bits per heavy atom. The fourth-order valence-electron chi connectivity index (χ4n) is 1.34. The molecule has 0 aliphatic carbocycles. The van der Waals surface area contributed by atoms with Crippen LogP contribution in [0.1, 0.15) is 0 Å². The van der Waals surface area contributed by atoms with Crippen molar-refractivity contribution in [3.8, 4) is 0 Å². The van der Waals surface area contributed by atoms with E-state index in [0.29, 0.717) is 5.69 Å². The Labute approximate surface area is 127 Å². The van der Waals surface area contributed by atoms with E-state index in [-0.39, 0.29) is 37.3 Å². The van der Waals surface area contributed by atoms with E-state index in [0.717, 1.165) is 4.47 Å². The fraction of sp³-hybridized carbons (Fsp3) is 0.333. The van der Waals surface area contributed by atoms with Crippen molar-refractivity contribution in [1.82, 2.24) is 10.2 Å². The number of nitrogens with zero attached hydrogens (tertiary/aromatic N) is 1. The van der Waals surface area contributed by atoms with E-state index >= 15 is 0 Å². The van der Waals surface area contributed by atoms with Crippen molar-refractivity contribution in [3.63, 3.8) is 0 Å². The van der Waals surface area contributed by atoms with Crippen LogP contribution in [0.3, 0.4) is 0 Å². The third-order valence-electron chi connectivity index (χ3n) is 2.28. The van der Waals surface area contributed by atoms with Gasteiger partial charge in [0, 0.05) is 11.5 Å². The minimum absolute atomic E-state index is 0. The first-order valence-corrected chi connectivity index (χ1v) is 6.27. The van der Waals surface area contributed by atoms with Crippen molar-refractivity contribution in [2.45, 2.75) is 0 Å². The third kappa shape index (κ3) is 6.04. The maximum absolute atomic E-state index is 11.7. The molecule has 0 unspecified atom stereocenters. The number of halogens is 2. The minimum Gasteiger partial charge on any atom is -0.335 e. The molecule has 19 heavy (non-hydrogen) atoms. The van der Waals surface area contributed by atoms with Crippen LogP contribution in [-0.2, 0) is 9.59 Å². The highest BCUT2D eigenvalue weighted by Crippen LogP contribution is 2.20. The molecule has 0 aliphatic heterocycles. The molecule has 0 saturated carbocycles. The summed E-state index contributed by atoms with van der Waals surface area (Å²) in [5.41, 5.74) is 0.692. The van der Waals surface area contributed by atoms with E-state index in [2.05, 4.69) is 26.6 Å². The number of amides is 2. The molecular weight excluding hydrogens is 334 g/mol. The lowest BCUT2D eigenvalue weighted by atomic mass is 10.3. The number of nitrogens with one attached hydrogen (secondary N) is 2. The molecule has 0 radical (unpaired) electrons. The summed E-state index contributed by atoms with van der Waals surface area (Å²) in [6, 6.07) is 7.32. The second-order valence-corrected chi connectivity index (χ2v) is 4.66. The Morgan fingerprint density at radius 2 is 1.95 bits per heavy atom. The zero-order valence-electron chi connectivity index (χ0n) is 10.8. The average molecular weight is 351 g/mol. The number of hydrogen-bond donors (Lipinski definition) is 2. The van der Waals surface area contributed by atoms with Crippen molar-refractivity contribution in [2.24, 2.45) is 0 Å². The van der Waals surface area contributed by atoms with Crippen molar-refractivity contribution in [1.29, 1.82) is 0 Å². The second kappa shape index (κ2) is 8.90. The molecule has 0 heterocycles. The van der Waals surface area contributed by atoms with Crippen molar-refractivity contribution in [2.75, 3.05) is 32.5 Å². The van der Waals surface area contributed by atoms with Gasteiger partial charge in [0.15, 0.2) is 0 Å². The lowest BCUT2D eigenvalue weighted by Gasteiger charge is -2.16. The summed E-state index contributed by atoms with van der Waals surface area (Å²) in [6.07, 6.45) is 0. The van der Waals surface area contributed by atoms with Gasteiger partial charge in [-0.1, -0.05) is 12.1 Å². The molecular formula is C12H17BrClN3O2. The molecule has 7 heteroatoms. The molecule has 1 aromatic rings. The Bertz CT molecular complexity index is 443. The Morgan fingerprint density at radius 3 is 2.53 bits per heavy atom. The lowest BCUT2D eigenvalue weighted by Crippen LogP contribution is -2.39. The number of rotatable bonds is 5. The monoisotopic (exact) mass is 349 g/mol. The van der Waals surface area contributed by atoms with Crippen LogP contribution in [0, 0.1) is 0 Å². The second-order valence-electron chi connectivity index (χ2n) is 3.81. The summed E-state index contributed by atoms with van der Waals surface area (Å²) in [5, 5.41) is 5.49. The van der Waals surface area contributed by atoms with Crippen LogP contribution < -0.4 is 10.6 Å². The molecule has 0 aromatic heterocycles. The van der Waals surface area contributed by atoms with E-state index < -0.39 is 0 Å². The first-order valence-electron chi connectivity index (χ1n) is 5.47. The standard InChI is InChI=1S/C12H16BrN3O2.ClH/c1-14-7-12(18)16(2)8-11(17)15-10-6-4-3-5-9(10)13;/h3-6,14H,7-8H2,1-2H3,(H,15,17);1H. The smallest absolute Gasteiger partial charge is 0.244 e. The van der Waals surface area contributed by atoms with Gasteiger partial charge in [-0.2, -0.15) is 0 Å². The van der Waals surface area contributed by atoms with Crippen LogP contribution >= 0.6 is 28.3 Å². The summed E-state index contributed by atoms with van der Waals surface area (Å²) in [7, 11) is 3.28. The first-order chi connectivity index (χ1) is 8.54. The van der Waals surface area contributed by atoms with Gasteiger partial charge in [0.25, 0.3) is 0 Å². The lowest BCUT2D eigenvalue weighted by molar-refractivity contribution is -0.132. The molecule has 0 saturated heterocycles. The first kappa shape index (κ1) is 17.9. The molecule has 0 bridgehead atoms. The predicted molar refractivity (Wildman–Crippen MR) is 81.6 cm³/mol. The van der Waals surface area contributed by atoms with Crippen LogP contribution in [0.15, 0.2) is 28.7 Å². The largest absolute Gasteiger partial charge is 0.335 e. The van der Waals surface area contributed by atoms with Gasteiger partial charge in [0.1, 0.15) is 0 Å². The van der Waals surface area contributed by atoms with Crippen LogP contribution in [-0.4, -0.2) is 43.9 Å². The van der Waals surface area contributed by atoms with Crippen LogP contribution in [0.5, 0.6) is 0 Å². The van der Waals surface area contributed by atoms with E-state index in [4.69, 9.17) is 0 Å². The van der Waals surface area contributed by atoms with E-state index in [1.165, 1.54) is 4.90 Å². The number of benzene rings is 1. The van der Waals surface area contributed by atoms with Crippen LogP contribution in [0.25, 0.3) is 0 Å². The van der Waals surface area contributed by atoms with E-state index in [1.807, 2.05) is 18.2 Å². The molecule has 0 spiro atoms. The number of para-hydroxylation sites is 1. The zero-order valence-corrected chi connectivity index (χ0v) is 13.2. The number of hydrogen-bond acceptors (Lipinski definition) is 3. The molecule has 0 aliphatic rings. The zero-order chi connectivity index (χ0) is 13.5. The Balaban J connectivity index is 0.00000324. The van der Waals surface area contributed by atoms with Gasteiger partial charge in [0.2, 0.25) is 11.8 Å².